The lowest BCUT2D eigenvalue weighted by Gasteiger charge is -2.34. The van der Waals surface area contributed by atoms with Crippen molar-refractivity contribution in [3.63, 3.8) is 0 Å². The van der Waals surface area contributed by atoms with E-state index in [-0.39, 0.29) is 16.2 Å². The van der Waals surface area contributed by atoms with Gasteiger partial charge < -0.3 is 18.6 Å². The topological polar surface area (TPSA) is 18.0 Å². The Hall–Kier alpha value is -7.82. The third-order valence-corrected chi connectivity index (χ3v) is 16.6. The molecule has 4 nitrogen and oxygen atoms in total. The van der Waals surface area contributed by atoms with Gasteiger partial charge in [-0.15, -0.1) is 0 Å². The van der Waals surface area contributed by atoms with E-state index in [0.29, 0.717) is 0 Å². The summed E-state index contributed by atoms with van der Waals surface area (Å²) in [4.78, 5) is 2.51. The molecule has 3 aliphatic heterocycles. The molecule has 0 unspecified atom stereocenters. The molecule has 6 heterocycles. The number of nitrogens with zero attached hydrogens (tertiary/aromatic N) is 4. The first-order valence-electron chi connectivity index (χ1n) is 23.9. The molecule has 0 spiro atoms. The zero-order chi connectivity index (χ0) is 44.9. The fraction of sp³-hybridized carbons (Fsp3) is 0.143. The second kappa shape index (κ2) is 12.3. The third-order valence-electron chi connectivity index (χ3n) is 16.6. The molecule has 3 aliphatic rings. The lowest BCUT2D eigenvalue weighted by molar-refractivity contribution is 0.630. The number of rotatable bonds is 3. The van der Waals surface area contributed by atoms with Crippen LogP contribution in [0.2, 0.25) is 0 Å². The van der Waals surface area contributed by atoms with Crippen molar-refractivity contribution in [1.29, 1.82) is 0 Å². The summed E-state index contributed by atoms with van der Waals surface area (Å²) in [5.74, 6) is 0. The molecule has 0 saturated carbocycles. The van der Waals surface area contributed by atoms with Crippen LogP contribution in [0.1, 0.15) is 74.9 Å². The summed E-state index contributed by atoms with van der Waals surface area (Å²) < 4.78 is 7.56. The Morgan fingerprint density at radius 1 is 0.284 bits per heavy atom. The highest BCUT2D eigenvalue weighted by Crippen LogP contribution is 2.53. The van der Waals surface area contributed by atoms with Gasteiger partial charge in [0.2, 0.25) is 0 Å². The molecule has 67 heavy (non-hydrogen) atoms. The molecule has 3 aromatic heterocycles. The van der Waals surface area contributed by atoms with Crippen LogP contribution >= 0.6 is 0 Å². The summed E-state index contributed by atoms with van der Waals surface area (Å²) >= 11 is 0. The maximum absolute atomic E-state index is 2.52. The Balaban J connectivity index is 1.02. The quantitative estimate of drug-likeness (QED) is 0.173. The fourth-order valence-electron chi connectivity index (χ4n) is 13.3. The van der Waals surface area contributed by atoms with E-state index in [1.165, 1.54) is 116 Å². The Labute approximate surface area is 389 Å². The molecule has 0 bridgehead atoms. The molecule has 0 aliphatic carbocycles. The number of anilines is 3. The van der Waals surface area contributed by atoms with Gasteiger partial charge in [0.1, 0.15) is 0 Å². The van der Waals surface area contributed by atoms with Crippen molar-refractivity contribution in [1.82, 2.24) is 13.7 Å². The highest BCUT2D eigenvalue weighted by Gasteiger charge is 2.38. The minimum absolute atomic E-state index is 0.132. The largest absolute Gasteiger partial charge is 0.310 e. The number of para-hydroxylation sites is 6. The van der Waals surface area contributed by atoms with Gasteiger partial charge in [-0.25, -0.2) is 0 Å². The highest BCUT2D eigenvalue weighted by atomic mass is 15.1. The SMILES string of the molecule is CC1(C)c2ccccc2-n2c3ccc(N(c4ccc5c(c4)c4cccc6c4n5-c4ccccc4C6(C)C)c4ccc5c(c4)c4cccc6c4n5-c4ccccc4C6(C)C)cc3c3cccc1c32. The van der Waals surface area contributed by atoms with Gasteiger partial charge in [0, 0.05) is 65.6 Å². The molecule has 0 saturated heterocycles. The molecule has 12 aromatic rings. The van der Waals surface area contributed by atoms with E-state index in [1.807, 2.05) is 0 Å². The van der Waals surface area contributed by atoms with Crippen LogP contribution in [-0.2, 0) is 16.2 Å². The number of fused-ring (bicyclic) bond motifs is 15. The molecule has 0 radical (unpaired) electrons. The van der Waals surface area contributed by atoms with Crippen molar-refractivity contribution in [2.24, 2.45) is 0 Å². The standard InChI is InChI=1S/C63H48N4/c1-61(2)46-19-7-10-25-55(46)65-52-31-28-37(34-43(52)40-16-13-22-49(61)58(40)65)64(38-29-32-53-44(35-38)41-17-14-23-50-59(41)66(53)56-26-11-8-20-47(56)62(50,3)4)39-30-33-54-45(36-39)42-18-15-24-51-60(42)67(54)57-27-12-9-21-48(57)63(51,5)6/h7-36H,1-6H3. The van der Waals surface area contributed by atoms with Crippen LogP contribution in [0.4, 0.5) is 17.1 Å². The number of hydrogen-bond donors (Lipinski definition) is 0. The summed E-state index contributed by atoms with van der Waals surface area (Å²) in [5.41, 5.74) is 22.6. The number of aromatic nitrogens is 3. The highest BCUT2D eigenvalue weighted by molar-refractivity contribution is 6.16. The minimum Gasteiger partial charge on any atom is -0.310 e. The van der Waals surface area contributed by atoms with Crippen LogP contribution in [0.3, 0.4) is 0 Å². The number of benzene rings is 9. The van der Waals surface area contributed by atoms with Gasteiger partial charge in [0.05, 0.1) is 50.2 Å². The average Bonchev–Trinajstić information content (AvgIpc) is 3.98. The molecule has 0 amide bonds. The van der Waals surface area contributed by atoms with Gasteiger partial charge in [0.25, 0.3) is 0 Å². The van der Waals surface area contributed by atoms with Crippen molar-refractivity contribution < 1.29 is 0 Å². The first kappa shape index (κ1) is 37.4. The molecule has 0 atom stereocenters. The monoisotopic (exact) mass is 860 g/mol. The first-order valence-corrected chi connectivity index (χ1v) is 23.9. The van der Waals surface area contributed by atoms with E-state index in [2.05, 4.69) is 242 Å². The Morgan fingerprint density at radius 3 is 0.881 bits per heavy atom. The Morgan fingerprint density at radius 2 is 0.567 bits per heavy atom. The maximum Gasteiger partial charge on any atom is 0.0582 e. The molecule has 15 rings (SSSR count). The summed E-state index contributed by atoms with van der Waals surface area (Å²) in [7, 11) is 0. The third kappa shape index (κ3) is 4.49. The van der Waals surface area contributed by atoms with Crippen molar-refractivity contribution in [2.75, 3.05) is 4.90 Å². The molecule has 0 N–H and O–H groups in total. The van der Waals surface area contributed by atoms with Gasteiger partial charge in [-0.05, 0) is 106 Å². The van der Waals surface area contributed by atoms with E-state index >= 15 is 0 Å². The van der Waals surface area contributed by atoms with Gasteiger partial charge in [-0.1, -0.05) is 151 Å². The van der Waals surface area contributed by atoms with Crippen molar-refractivity contribution in [2.45, 2.75) is 57.8 Å². The van der Waals surface area contributed by atoms with Gasteiger partial charge in [0.15, 0.2) is 0 Å². The van der Waals surface area contributed by atoms with Crippen LogP contribution in [-0.4, -0.2) is 13.7 Å². The minimum atomic E-state index is -0.132. The lowest BCUT2D eigenvalue weighted by Crippen LogP contribution is -2.26. The van der Waals surface area contributed by atoms with Crippen LogP contribution in [0.5, 0.6) is 0 Å². The smallest absolute Gasteiger partial charge is 0.0582 e. The van der Waals surface area contributed by atoms with E-state index < -0.39 is 0 Å². The zero-order valence-electron chi connectivity index (χ0n) is 38.6. The second-order valence-corrected chi connectivity index (χ2v) is 21.0. The summed E-state index contributed by atoms with van der Waals surface area (Å²) in [6, 6.07) is 69.2. The Bertz CT molecular complexity index is 3770. The van der Waals surface area contributed by atoms with Crippen LogP contribution in [0, 0.1) is 0 Å². The first-order chi connectivity index (χ1) is 32.5. The van der Waals surface area contributed by atoms with Gasteiger partial charge >= 0.3 is 0 Å². The summed E-state index contributed by atoms with van der Waals surface area (Å²) in [6.45, 7) is 14.3. The van der Waals surface area contributed by atoms with Crippen LogP contribution in [0.25, 0.3) is 82.5 Å². The van der Waals surface area contributed by atoms with Crippen LogP contribution in [0.15, 0.2) is 182 Å². The fourth-order valence-corrected chi connectivity index (χ4v) is 13.3. The van der Waals surface area contributed by atoms with E-state index in [0.717, 1.165) is 17.1 Å². The molecular weight excluding hydrogens is 813 g/mol. The Kier molecular flexibility index (Phi) is 6.89. The lowest BCUT2D eigenvalue weighted by atomic mass is 9.75. The summed E-state index contributed by atoms with van der Waals surface area (Å²) in [6.07, 6.45) is 0. The predicted octanol–water partition coefficient (Wildman–Crippen LogP) is 16.4. The van der Waals surface area contributed by atoms with E-state index in [4.69, 9.17) is 0 Å². The second-order valence-electron chi connectivity index (χ2n) is 21.0. The van der Waals surface area contributed by atoms with E-state index in [9.17, 15) is 0 Å². The molecule has 0 fully saturated rings. The maximum atomic E-state index is 2.52. The average molecular weight is 861 g/mol. The van der Waals surface area contributed by atoms with Gasteiger partial charge in [-0.3, -0.25) is 0 Å². The van der Waals surface area contributed by atoms with Crippen molar-refractivity contribution in [3.05, 3.63) is 215 Å². The predicted molar refractivity (Wildman–Crippen MR) is 281 cm³/mol. The molecule has 4 heteroatoms. The zero-order valence-corrected chi connectivity index (χ0v) is 38.6. The number of hydrogen-bond acceptors (Lipinski definition) is 1. The molecule has 9 aromatic carbocycles. The van der Waals surface area contributed by atoms with Crippen LogP contribution < -0.4 is 4.90 Å². The normalized spacial score (nSPS) is 15.7. The molecular formula is C63H48N4. The van der Waals surface area contributed by atoms with Gasteiger partial charge in [-0.2, -0.15) is 0 Å². The van der Waals surface area contributed by atoms with Crippen molar-refractivity contribution in [3.8, 4) is 17.1 Å². The van der Waals surface area contributed by atoms with E-state index in [1.54, 1.807) is 0 Å². The van der Waals surface area contributed by atoms with Crippen molar-refractivity contribution >= 4 is 82.5 Å². The summed E-state index contributed by atoms with van der Waals surface area (Å²) in [5, 5.41) is 7.62. The molecule has 320 valence electrons.